The monoisotopic (exact) mass is 398 g/mol. The minimum Gasteiger partial charge on any atom is -0.471 e. The molecule has 0 saturated carbocycles. The summed E-state index contributed by atoms with van der Waals surface area (Å²) in [5, 5.41) is 0.989. The lowest BCUT2D eigenvalue weighted by Crippen LogP contribution is -2.56. The Morgan fingerprint density at radius 3 is 2.75 bits per heavy atom. The summed E-state index contributed by atoms with van der Waals surface area (Å²) >= 11 is 5.81. The van der Waals surface area contributed by atoms with E-state index in [2.05, 4.69) is 9.97 Å². The maximum Gasteiger partial charge on any atom is 0.259 e. The molecule has 0 aromatic carbocycles. The van der Waals surface area contributed by atoms with Crippen molar-refractivity contribution in [1.82, 2.24) is 19.4 Å². The standard InChI is InChI=1S/C20H19ClN4O3/c1-3-24-11-16(18(26)15-6-4-12(2)23-19(15)24)20(27)25-9-14(10-25)28-17-7-5-13(21)8-22-17/h4-8,11,14H,3,9-10H2,1-2H3. The molecule has 144 valence electrons. The second-order valence-corrected chi connectivity index (χ2v) is 7.18. The first-order valence-corrected chi connectivity index (χ1v) is 9.42. The number of halogens is 1. The molecule has 4 rings (SSSR count). The molecular formula is C20H19ClN4O3. The van der Waals surface area contributed by atoms with Gasteiger partial charge in [0.05, 0.1) is 23.5 Å². The number of hydrogen-bond donors (Lipinski definition) is 0. The lowest BCUT2D eigenvalue weighted by molar-refractivity contribution is 0.0159. The molecule has 4 heterocycles. The average molecular weight is 399 g/mol. The average Bonchev–Trinajstić information content (AvgIpc) is 2.65. The van der Waals surface area contributed by atoms with Crippen molar-refractivity contribution in [2.24, 2.45) is 0 Å². The molecule has 0 spiro atoms. The molecule has 1 fully saturated rings. The van der Waals surface area contributed by atoms with Gasteiger partial charge in [-0.05, 0) is 32.0 Å². The van der Waals surface area contributed by atoms with Crippen molar-refractivity contribution in [1.29, 1.82) is 0 Å². The Bertz CT molecular complexity index is 1100. The first-order chi connectivity index (χ1) is 13.5. The maximum atomic E-state index is 12.9. The van der Waals surface area contributed by atoms with Crippen LogP contribution in [-0.4, -0.2) is 44.5 Å². The minimum atomic E-state index is -0.293. The second-order valence-electron chi connectivity index (χ2n) is 6.75. The van der Waals surface area contributed by atoms with Crippen LogP contribution in [-0.2, 0) is 6.54 Å². The highest BCUT2D eigenvalue weighted by Crippen LogP contribution is 2.20. The first kappa shape index (κ1) is 18.4. The molecule has 1 amide bonds. The largest absolute Gasteiger partial charge is 0.471 e. The summed E-state index contributed by atoms with van der Waals surface area (Å²) in [7, 11) is 0. The Hall–Kier alpha value is -2.93. The third kappa shape index (κ3) is 3.33. The molecule has 0 bridgehead atoms. The van der Waals surface area contributed by atoms with Gasteiger partial charge in [-0.2, -0.15) is 0 Å². The van der Waals surface area contributed by atoms with Crippen LogP contribution in [0.15, 0.2) is 41.5 Å². The zero-order valence-corrected chi connectivity index (χ0v) is 16.3. The number of fused-ring (bicyclic) bond motifs is 1. The predicted octanol–water partition coefficient (Wildman–Crippen LogP) is 2.68. The van der Waals surface area contributed by atoms with E-state index in [0.717, 1.165) is 5.69 Å². The summed E-state index contributed by atoms with van der Waals surface area (Å²) in [6, 6.07) is 6.90. The summed E-state index contributed by atoms with van der Waals surface area (Å²) in [5.74, 6) is 0.167. The molecule has 1 aliphatic heterocycles. The lowest BCUT2D eigenvalue weighted by Gasteiger charge is -2.38. The number of carbonyl (C=O) groups excluding carboxylic acids is 1. The van der Waals surface area contributed by atoms with Gasteiger partial charge in [0.25, 0.3) is 5.91 Å². The van der Waals surface area contributed by atoms with Crippen LogP contribution in [0.4, 0.5) is 0 Å². The van der Waals surface area contributed by atoms with Crippen LogP contribution in [0, 0.1) is 6.92 Å². The van der Waals surface area contributed by atoms with Gasteiger partial charge in [-0.15, -0.1) is 0 Å². The van der Waals surface area contributed by atoms with Gasteiger partial charge >= 0.3 is 0 Å². The number of carbonyl (C=O) groups is 1. The smallest absolute Gasteiger partial charge is 0.259 e. The number of rotatable bonds is 4. The molecule has 8 heteroatoms. The number of likely N-dealkylation sites (tertiary alicyclic amines) is 1. The van der Waals surface area contributed by atoms with Crippen molar-refractivity contribution in [3.63, 3.8) is 0 Å². The topological polar surface area (TPSA) is 77.3 Å². The van der Waals surface area contributed by atoms with Crippen molar-refractivity contribution >= 4 is 28.5 Å². The highest BCUT2D eigenvalue weighted by molar-refractivity contribution is 6.30. The molecule has 0 unspecified atom stereocenters. The molecule has 7 nitrogen and oxygen atoms in total. The summed E-state index contributed by atoms with van der Waals surface area (Å²) in [6.07, 6.45) is 2.96. The fourth-order valence-electron chi connectivity index (χ4n) is 3.20. The quantitative estimate of drug-likeness (QED) is 0.675. The highest BCUT2D eigenvalue weighted by Gasteiger charge is 2.34. The number of ether oxygens (including phenoxy) is 1. The van der Waals surface area contributed by atoms with Crippen LogP contribution in [0.3, 0.4) is 0 Å². The van der Waals surface area contributed by atoms with Crippen LogP contribution in [0.2, 0.25) is 5.02 Å². The minimum absolute atomic E-state index is 0.156. The van der Waals surface area contributed by atoms with Crippen LogP contribution in [0.1, 0.15) is 23.0 Å². The number of amides is 1. The van der Waals surface area contributed by atoms with E-state index in [0.29, 0.717) is 41.6 Å². The zero-order chi connectivity index (χ0) is 19.8. The van der Waals surface area contributed by atoms with Gasteiger partial charge in [0.15, 0.2) is 0 Å². The van der Waals surface area contributed by atoms with Crippen LogP contribution < -0.4 is 10.2 Å². The van der Waals surface area contributed by atoms with E-state index in [4.69, 9.17) is 16.3 Å². The third-order valence-corrected chi connectivity index (χ3v) is 4.98. The van der Waals surface area contributed by atoms with E-state index in [1.165, 1.54) is 6.20 Å². The molecule has 1 saturated heterocycles. The number of nitrogens with zero attached hydrogens (tertiary/aromatic N) is 4. The van der Waals surface area contributed by atoms with Crippen molar-refractivity contribution in [3.8, 4) is 5.88 Å². The fourth-order valence-corrected chi connectivity index (χ4v) is 3.32. The molecule has 0 atom stereocenters. The van der Waals surface area contributed by atoms with E-state index in [-0.39, 0.29) is 23.0 Å². The Balaban J connectivity index is 1.53. The van der Waals surface area contributed by atoms with E-state index in [9.17, 15) is 9.59 Å². The van der Waals surface area contributed by atoms with Crippen molar-refractivity contribution in [2.45, 2.75) is 26.5 Å². The molecule has 0 radical (unpaired) electrons. The Labute approximate surface area is 166 Å². The van der Waals surface area contributed by atoms with Gasteiger partial charge in [0, 0.05) is 30.7 Å². The van der Waals surface area contributed by atoms with Crippen molar-refractivity contribution < 1.29 is 9.53 Å². The van der Waals surface area contributed by atoms with Crippen molar-refractivity contribution in [2.75, 3.05) is 13.1 Å². The van der Waals surface area contributed by atoms with Gasteiger partial charge in [-0.1, -0.05) is 11.6 Å². The molecule has 0 aliphatic carbocycles. The Morgan fingerprint density at radius 1 is 1.29 bits per heavy atom. The fraction of sp³-hybridized carbons (Fsp3) is 0.300. The van der Waals surface area contributed by atoms with E-state index in [1.54, 1.807) is 35.4 Å². The molecule has 3 aromatic heterocycles. The van der Waals surface area contributed by atoms with Gasteiger partial charge in [-0.3, -0.25) is 9.59 Å². The van der Waals surface area contributed by atoms with E-state index >= 15 is 0 Å². The second kappa shape index (κ2) is 7.24. The first-order valence-electron chi connectivity index (χ1n) is 9.04. The predicted molar refractivity (Wildman–Crippen MR) is 106 cm³/mol. The third-order valence-electron chi connectivity index (χ3n) is 4.75. The van der Waals surface area contributed by atoms with Gasteiger partial charge < -0.3 is 14.2 Å². The Kier molecular flexibility index (Phi) is 4.77. The summed E-state index contributed by atoms with van der Waals surface area (Å²) in [5.41, 5.74) is 1.29. The summed E-state index contributed by atoms with van der Waals surface area (Å²) in [6.45, 7) is 5.24. The number of pyridine rings is 3. The van der Waals surface area contributed by atoms with E-state index in [1.807, 2.05) is 18.4 Å². The summed E-state index contributed by atoms with van der Waals surface area (Å²) in [4.78, 5) is 35.9. The lowest BCUT2D eigenvalue weighted by atomic mass is 10.1. The molecule has 1 aliphatic rings. The van der Waals surface area contributed by atoms with Gasteiger partial charge in [-0.25, -0.2) is 9.97 Å². The van der Waals surface area contributed by atoms with Crippen LogP contribution in [0.25, 0.3) is 11.0 Å². The van der Waals surface area contributed by atoms with Gasteiger partial charge in [0.1, 0.15) is 17.3 Å². The number of aromatic nitrogens is 3. The maximum absolute atomic E-state index is 12.9. The SMILES string of the molecule is CCn1cc(C(=O)N2CC(Oc3ccc(Cl)cn3)C2)c(=O)c2ccc(C)nc21. The van der Waals surface area contributed by atoms with Crippen LogP contribution >= 0.6 is 11.6 Å². The van der Waals surface area contributed by atoms with E-state index < -0.39 is 0 Å². The van der Waals surface area contributed by atoms with Crippen molar-refractivity contribution in [3.05, 3.63) is 63.2 Å². The molecule has 28 heavy (non-hydrogen) atoms. The van der Waals surface area contributed by atoms with Gasteiger partial charge in [0.2, 0.25) is 11.3 Å². The zero-order valence-electron chi connectivity index (χ0n) is 15.6. The molecule has 3 aromatic rings. The number of hydrogen-bond acceptors (Lipinski definition) is 5. The molecular weight excluding hydrogens is 380 g/mol. The normalized spacial score (nSPS) is 14.2. The number of aryl methyl sites for hydroxylation is 2. The summed E-state index contributed by atoms with van der Waals surface area (Å²) < 4.78 is 7.56. The van der Waals surface area contributed by atoms with Crippen LogP contribution in [0.5, 0.6) is 5.88 Å². The Morgan fingerprint density at radius 2 is 2.07 bits per heavy atom. The molecule has 0 N–H and O–H groups in total. The highest BCUT2D eigenvalue weighted by atomic mass is 35.5.